The summed E-state index contributed by atoms with van der Waals surface area (Å²) in [6.07, 6.45) is 3.98. The average Bonchev–Trinajstić information content (AvgIpc) is 3.46. The van der Waals surface area contributed by atoms with Gasteiger partial charge in [0.2, 0.25) is 14.1 Å². The third kappa shape index (κ3) is 4.24. The number of fused-ring (bicyclic) bond motifs is 1. The molecule has 1 saturated carbocycles. The second kappa shape index (κ2) is 9.54. The molecule has 0 amide bonds. The lowest BCUT2D eigenvalue weighted by Gasteiger charge is -2.44. The molecule has 1 saturated heterocycles. The SMILES string of the molecule is CC(C)[Si](O[C@H]1C(=O)[C@H](n2cnc3c(N)nc(OC4CCCC4)nc32)O[C@@H]1C)(C(C)C)C(C)C. The Labute approximate surface area is 202 Å². The highest BCUT2D eigenvalue weighted by Crippen LogP contribution is 2.45. The van der Waals surface area contributed by atoms with Gasteiger partial charge in [0, 0.05) is 0 Å². The molecule has 10 heteroatoms. The zero-order valence-electron chi connectivity index (χ0n) is 21.4. The molecule has 0 radical (unpaired) electrons. The molecule has 2 aromatic heterocycles. The van der Waals surface area contributed by atoms with Gasteiger partial charge in [-0.2, -0.15) is 9.97 Å². The van der Waals surface area contributed by atoms with Crippen molar-refractivity contribution < 1.29 is 18.7 Å². The molecule has 2 N–H and O–H groups in total. The maximum Gasteiger partial charge on any atom is 0.320 e. The van der Waals surface area contributed by atoms with E-state index < -0.39 is 20.6 Å². The summed E-state index contributed by atoms with van der Waals surface area (Å²) in [7, 11) is -2.27. The first-order chi connectivity index (χ1) is 16.1. The van der Waals surface area contributed by atoms with E-state index in [0.717, 1.165) is 25.7 Å². The number of Topliss-reactive ketones (excluding diaryl/α,β-unsaturated/α-hetero) is 1. The van der Waals surface area contributed by atoms with Crippen LogP contribution in [-0.2, 0) is 14.0 Å². The number of ether oxygens (including phenoxy) is 2. The zero-order chi connectivity index (χ0) is 24.8. The molecule has 1 aliphatic carbocycles. The summed E-state index contributed by atoms with van der Waals surface area (Å²) in [5, 5.41) is 0. The molecule has 1 aliphatic heterocycles. The van der Waals surface area contributed by atoms with Crippen molar-refractivity contribution in [2.75, 3.05) is 5.73 Å². The molecule has 4 rings (SSSR count). The monoisotopic (exact) mass is 489 g/mol. The Bertz CT molecular complexity index is 1010. The predicted molar refractivity (Wildman–Crippen MR) is 133 cm³/mol. The quantitative estimate of drug-likeness (QED) is 0.527. The minimum absolute atomic E-state index is 0.0940. The van der Waals surface area contributed by atoms with Crippen molar-refractivity contribution >= 4 is 31.1 Å². The third-order valence-electron chi connectivity index (χ3n) is 7.59. The lowest BCUT2D eigenvalue weighted by Crippen LogP contribution is -2.52. The fraction of sp³-hybridized carbons (Fsp3) is 0.750. The molecule has 0 bridgehead atoms. The van der Waals surface area contributed by atoms with Crippen LogP contribution in [0.5, 0.6) is 6.01 Å². The third-order valence-corrected chi connectivity index (χ3v) is 13.7. The number of hydrogen-bond donors (Lipinski definition) is 1. The molecule has 34 heavy (non-hydrogen) atoms. The molecule has 2 fully saturated rings. The zero-order valence-corrected chi connectivity index (χ0v) is 22.4. The summed E-state index contributed by atoms with van der Waals surface area (Å²) in [6, 6.07) is 0.218. The summed E-state index contributed by atoms with van der Waals surface area (Å²) in [5.41, 5.74) is 8.13. The van der Waals surface area contributed by atoms with Crippen LogP contribution in [0, 0.1) is 0 Å². The van der Waals surface area contributed by atoms with Crippen LogP contribution in [0.2, 0.25) is 16.6 Å². The van der Waals surface area contributed by atoms with Crippen molar-refractivity contribution in [1.82, 2.24) is 19.5 Å². The van der Waals surface area contributed by atoms with Gasteiger partial charge in [0.25, 0.3) is 0 Å². The Balaban J connectivity index is 1.64. The van der Waals surface area contributed by atoms with Crippen LogP contribution in [0.4, 0.5) is 5.82 Å². The van der Waals surface area contributed by atoms with Crippen LogP contribution in [0.25, 0.3) is 11.2 Å². The second-order valence-corrected chi connectivity index (χ2v) is 16.1. The second-order valence-electron chi connectivity index (χ2n) is 10.7. The number of anilines is 1. The van der Waals surface area contributed by atoms with Gasteiger partial charge in [-0.05, 0) is 49.2 Å². The molecule has 2 aromatic rings. The number of carbonyl (C=O) groups excluding carboxylic acids is 1. The molecular weight excluding hydrogens is 450 g/mol. The van der Waals surface area contributed by atoms with E-state index in [4.69, 9.17) is 19.6 Å². The standard InChI is InChI=1S/C24H39N5O4Si/c1-13(2)34(14(3)4,15(5)6)33-20-16(7)31-23(19(20)30)29-12-26-18-21(25)27-24(28-22(18)29)32-17-10-8-9-11-17/h12-17,20,23H,8-11H2,1-7H3,(H2,25,27,28)/t16-,20-,23-/m1/s1. The van der Waals surface area contributed by atoms with Crippen LogP contribution < -0.4 is 10.5 Å². The topological polar surface area (TPSA) is 114 Å². The van der Waals surface area contributed by atoms with E-state index in [0.29, 0.717) is 27.8 Å². The molecule has 0 spiro atoms. The van der Waals surface area contributed by atoms with Crippen LogP contribution >= 0.6 is 0 Å². The van der Waals surface area contributed by atoms with Crippen molar-refractivity contribution in [1.29, 1.82) is 0 Å². The highest BCUT2D eigenvalue weighted by atomic mass is 28.4. The average molecular weight is 490 g/mol. The van der Waals surface area contributed by atoms with Crippen molar-refractivity contribution in [3.05, 3.63) is 6.33 Å². The number of nitrogen functional groups attached to an aromatic ring is 1. The predicted octanol–water partition coefficient (Wildman–Crippen LogP) is 4.78. The van der Waals surface area contributed by atoms with E-state index in [-0.39, 0.29) is 29.8 Å². The van der Waals surface area contributed by atoms with Crippen LogP contribution in [-0.4, -0.2) is 51.9 Å². The van der Waals surface area contributed by atoms with Crippen molar-refractivity contribution in [2.24, 2.45) is 0 Å². The Morgan fingerprint density at radius 3 is 2.29 bits per heavy atom. The number of imidazole rings is 1. The molecular formula is C24H39N5O4Si. The number of rotatable bonds is 8. The first-order valence-electron chi connectivity index (χ1n) is 12.6. The summed E-state index contributed by atoms with van der Waals surface area (Å²) in [6.45, 7) is 15.2. The maximum absolute atomic E-state index is 13.7. The minimum Gasteiger partial charge on any atom is -0.460 e. The van der Waals surface area contributed by atoms with Gasteiger partial charge in [-0.1, -0.05) is 41.5 Å². The maximum atomic E-state index is 13.7. The lowest BCUT2D eigenvalue weighted by atomic mass is 10.2. The van der Waals surface area contributed by atoms with Crippen molar-refractivity contribution in [3.8, 4) is 6.01 Å². The minimum atomic E-state index is -2.27. The molecule has 0 aromatic carbocycles. The highest BCUT2D eigenvalue weighted by molar-refractivity contribution is 6.77. The summed E-state index contributed by atoms with van der Waals surface area (Å²) in [4.78, 5) is 26.9. The largest absolute Gasteiger partial charge is 0.460 e. The van der Waals surface area contributed by atoms with E-state index in [1.54, 1.807) is 10.9 Å². The summed E-state index contributed by atoms with van der Waals surface area (Å²) in [5.74, 6) is 0.120. The van der Waals surface area contributed by atoms with Crippen molar-refractivity contribution in [3.63, 3.8) is 0 Å². The highest BCUT2D eigenvalue weighted by Gasteiger charge is 2.52. The fourth-order valence-electron chi connectivity index (χ4n) is 6.00. The van der Waals surface area contributed by atoms with Crippen LogP contribution in [0.1, 0.15) is 80.4 Å². The Hall–Kier alpha value is -2.04. The number of aromatic nitrogens is 4. The number of nitrogens with two attached hydrogens (primary N) is 1. The Morgan fingerprint density at radius 1 is 1.09 bits per heavy atom. The number of hydrogen-bond acceptors (Lipinski definition) is 8. The first-order valence-corrected chi connectivity index (χ1v) is 14.7. The van der Waals surface area contributed by atoms with Gasteiger partial charge in [-0.15, -0.1) is 0 Å². The van der Waals surface area contributed by atoms with Crippen molar-refractivity contribution in [2.45, 2.75) is 115 Å². The van der Waals surface area contributed by atoms with E-state index in [2.05, 4.69) is 56.5 Å². The Morgan fingerprint density at radius 2 is 1.71 bits per heavy atom. The van der Waals surface area contributed by atoms with Gasteiger partial charge in [-0.25, -0.2) is 4.98 Å². The molecule has 0 unspecified atom stereocenters. The Kier molecular flexibility index (Phi) is 7.03. The van der Waals surface area contributed by atoms with Crippen LogP contribution in [0.15, 0.2) is 6.33 Å². The molecule has 3 atom stereocenters. The molecule has 3 heterocycles. The number of carbonyl (C=O) groups is 1. The number of ketones is 1. The van der Waals surface area contributed by atoms with Gasteiger partial charge in [0.05, 0.1) is 12.4 Å². The van der Waals surface area contributed by atoms with E-state index in [1.807, 2.05) is 6.92 Å². The van der Waals surface area contributed by atoms with Crippen LogP contribution in [0.3, 0.4) is 0 Å². The van der Waals surface area contributed by atoms with Gasteiger partial charge in [0.15, 0.2) is 23.2 Å². The van der Waals surface area contributed by atoms with E-state index in [1.165, 1.54) is 0 Å². The number of nitrogens with zero attached hydrogens (tertiary/aromatic N) is 4. The van der Waals surface area contributed by atoms with Gasteiger partial charge >= 0.3 is 6.01 Å². The first kappa shape index (κ1) is 25.1. The summed E-state index contributed by atoms with van der Waals surface area (Å²) < 4.78 is 20.6. The lowest BCUT2D eigenvalue weighted by molar-refractivity contribution is -0.129. The fourth-order valence-corrected chi connectivity index (χ4v) is 11.6. The molecule has 9 nitrogen and oxygen atoms in total. The van der Waals surface area contributed by atoms with Gasteiger partial charge in [-0.3, -0.25) is 9.36 Å². The molecule has 188 valence electrons. The van der Waals surface area contributed by atoms with Gasteiger partial charge in [0.1, 0.15) is 12.2 Å². The van der Waals surface area contributed by atoms with Gasteiger partial charge < -0.3 is 19.6 Å². The molecule has 2 aliphatic rings. The smallest absolute Gasteiger partial charge is 0.320 e. The summed E-state index contributed by atoms with van der Waals surface area (Å²) >= 11 is 0. The van der Waals surface area contributed by atoms with E-state index in [9.17, 15) is 4.79 Å². The normalized spacial score (nSPS) is 24.4. The van der Waals surface area contributed by atoms with E-state index >= 15 is 0 Å².